The van der Waals surface area contributed by atoms with Gasteiger partial charge in [0, 0.05) is 29.2 Å². The maximum atomic E-state index is 12.7. The van der Waals surface area contributed by atoms with Gasteiger partial charge in [-0.15, -0.1) is 11.8 Å². The fourth-order valence-corrected chi connectivity index (χ4v) is 4.09. The molecule has 20 heavy (non-hydrogen) atoms. The first-order chi connectivity index (χ1) is 9.70. The number of nitrogens with zero attached hydrogens (tertiary/aromatic N) is 2. The number of piperidine rings is 1. The standard InChI is InChI=1S/C14H17N3O2S/c15-13(16-19)9-5-6-10-8-20-12-4-2-1-3-11(12)14(18)17(10)7-9/h1-4,9-10,19H,5-8H2,(H2,15,16). The number of thioether (sulfide) groups is 1. The van der Waals surface area contributed by atoms with Gasteiger partial charge in [-0.05, 0) is 25.0 Å². The predicted octanol–water partition coefficient (Wildman–Crippen LogP) is 1.76. The monoisotopic (exact) mass is 291 g/mol. The van der Waals surface area contributed by atoms with Crippen LogP contribution in [0.5, 0.6) is 0 Å². The highest BCUT2D eigenvalue weighted by Crippen LogP contribution is 2.34. The number of fused-ring (bicyclic) bond motifs is 2. The summed E-state index contributed by atoms with van der Waals surface area (Å²) in [6.07, 6.45) is 1.76. The molecule has 1 aromatic carbocycles. The summed E-state index contributed by atoms with van der Waals surface area (Å²) in [5, 5.41) is 11.9. The maximum Gasteiger partial charge on any atom is 0.255 e. The predicted molar refractivity (Wildman–Crippen MR) is 78.1 cm³/mol. The molecule has 2 aliphatic rings. The molecule has 5 nitrogen and oxygen atoms in total. The van der Waals surface area contributed by atoms with Crippen LogP contribution in [0.4, 0.5) is 0 Å². The second-order valence-corrected chi connectivity index (χ2v) is 6.28. The first-order valence-electron chi connectivity index (χ1n) is 6.71. The molecular weight excluding hydrogens is 274 g/mol. The Balaban J connectivity index is 1.90. The lowest BCUT2D eigenvalue weighted by Crippen LogP contribution is -2.50. The molecule has 2 aliphatic heterocycles. The maximum absolute atomic E-state index is 12.7. The quantitative estimate of drug-likeness (QED) is 0.358. The fourth-order valence-electron chi connectivity index (χ4n) is 2.88. The summed E-state index contributed by atoms with van der Waals surface area (Å²) < 4.78 is 0. The van der Waals surface area contributed by atoms with Crippen molar-refractivity contribution in [3.05, 3.63) is 29.8 Å². The van der Waals surface area contributed by atoms with Gasteiger partial charge in [-0.2, -0.15) is 0 Å². The lowest BCUT2D eigenvalue weighted by Gasteiger charge is -2.38. The SMILES string of the molecule is N/C(=N\O)C1CCC2CSc3ccccc3C(=O)N2C1. The first-order valence-corrected chi connectivity index (χ1v) is 7.69. The topological polar surface area (TPSA) is 78.9 Å². The summed E-state index contributed by atoms with van der Waals surface area (Å²) in [4.78, 5) is 15.6. The van der Waals surface area contributed by atoms with Gasteiger partial charge in [-0.3, -0.25) is 4.79 Å². The van der Waals surface area contributed by atoms with Gasteiger partial charge < -0.3 is 15.8 Å². The van der Waals surface area contributed by atoms with Crippen molar-refractivity contribution in [2.75, 3.05) is 12.3 Å². The Labute approximate surface area is 121 Å². The van der Waals surface area contributed by atoms with Crippen LogP contribution in [0.15, 0.2) is 34.3 Å². The van der Waals surface area contributed by atoms with E-state index in [0.717, 1.165) is 29.1 Å². The van der Waals surface area contributed by atoms with E-state index in [4.69, 9.17) is 10.9 Å². The minimum absolute atomic E-state index is 0.0459. The molecule has 0 spiro atoms. The van der Waals surface area contributed by atoms with E-state index >= 15 is 0 Å². The fraction of sp³-hybridized carbons (Fsp3) is 0.429. The van der Waals surface area contributed by atoms with Crippen LogP contribution in [0.1, 0.15) is 23.2 Å². The zero-order valence-electron chi connectivity index (χ0n) is 11.0. The van der Waals surface area contributed by atoms with E-state index in [-0.39, 0.29) is 23.7 Å². The smallest absolute Gasteiger partial charge is 0.255 e. The molecule has 0 aromatic heterocycles. The van der Waals surface area contributed by atoms with Crippen molar-refractivity contribution in [2.24, 2.45) is 16.8 Å². The molecule has 106 valence electrons. The summed E-state index contributed by atoms with van der Waals surface area (Å²) in [7, 11) is 0. The van der Waals surface area contributed by atoms with Gasteiger partial charge in [-0.25, -0.2) is 0 Å². The van der Waals surface area contributed by atoms with Crippen molar-refractivity contribution in [2.45, 2.75) is 23.8 Å². The number of nitrogens with two attached hydrogens (primary N) is 1. The van der Waals surface area contributed by atoms with E-state index in [0.29, 0.717) is 6.54 Å². The Morgan fingerprint density at radius 3 is 3.00 bits per heavy atom. The average Bonchev–Trinajstić information content (AvgIpc) is 2.64. The molecule has 0 saturated carbocycles. The highest BCUT2D eigenvalue weighted by Gasteiger charge is 2.36. The van der Waals surface area contributed by atoms with Crippen molar-refractivity contribution in [1.82, 2.24) is 4.90 Å². The largest absolute Gasteiger partial charge is 0.409 e. The summed E-state index contributed by atoms with van der Waals surface area (Å²) in [5.41, 5.74) is 6.47. The molecule has 1 fully saturated rings. The molecule has 2 unspecified atom stereocenters. The zero-order chi connectivity index (χ0) is 14.1. The van der Waals surface area contributed by atoms with Gasteiger partial charge in [0.2, 0.25) is 0 Å². The molecule has 3 rings (SSSR count). The molecule has 0 aliphatic carbocycles. The second-order valence-electron chi connectivity index (χ2n) is 5.22. The molecule has 0 bridgehead atoms. The van der Waals surface area contributed by atoms with Crippen molar-refractivity contribution in [3.8, 4) is 0 Å². The molecule has 0 radical (unpaired) electrons. The zero-order valence-corrected chi connectivity index (χ0v) is 11.8. The molecule has 3 N–H and O–H groups in total. The van der Waals surface area contributed by atoms with E-state index in [2.05, 4.69) is 5.16 Å². The summed E-state index contributed by atoms with van der Waals surface area (Å²) in [6, 6.07) is 7.96. The molecule has 1 amide bonds. The summed E-state index contributed by atoms with van der Waals surface area (Å²) >= 11 is 1.74. The van der Waals surface area contributed by atoms with Crippen molar-refractivity contribution in [3.63, 3.8) is 0 Å². The molecule has 1 aromatic rings. The number of amides is 1. The molecule has 2 atom stereocenters. The molecule has 1 saturated heterocycles. The summed E-state index contributed by atoms with van der Waals surface area (Å²) in [6.45, 7) is 0.536. The Bertz CT molecular complexity index is 561. The van der Waals surface area contributed by atoms with Crippen LogP contribution in [-0.2, 0) is 0 Å². The number of hydrogen-bond donors (Lipinski definition) is 2. The van der Waals surface area contributed by atoms with E-state index < -0.39 is 0 Å². The van der Waals surface area contributed by atoms with Gasteiger partial charge in [0.1, 0.15) is 5.84 Å². The van der Waals surface area contributed by atoms with Gasteiger partial charge in [0.05, 0.1) is 5.56 Å². The van der Waals surface area contributed by atoms with E-state index in [1.54, 1.807) is 11.8 Å². The number of benzene rings is 1. The van der Waals surface area contributed by atoms with Gasteiger partial charge >= 0.3 is 0 Å². The average molecular weight is 291 g/mol. The highest BCUT2D eigenvalue weighted by molar-refractivity contribution is 7.99. The van der Waals surface area contributed by atoms with E-state index in [9.17, 15) is 4.79 Å². The number of carbonyl (C=O) groups excluding carboxylic acids is 1. The second kappa shape index (κ2) is 5.36. The Morgan fingerprint density at radius 1 is 1.40 bits per heavy atom. The van der Waals surface area contributed by atoms with Gasteiger partial charge in [0.25, 0.3) is 5.91 Å². The number of rotatable bonds is 1. The van der Waals surface area contributed by atoms with E-state index in [1.165, 1.54) is 0 Å². The molecule has 2 heterocycles. The molecule has 6 heteroatoms. The van der Waals surface area contributed by atoms with Crippen molar-refractivity contribution in [1.29, 1.82) is 0 Å². The third-order valence-corrected chi connectivity index (χ3v) is 5.27. The first kappa shape index (κ1) is 13.3. The van der Waals surface area contributed by atoms with Crippen LogP contribution in [-0.4, -0.2) is 40.2 Å². The van der Waals surface area contributed by atoms with Crippen LogP contribution in [0.2, 0.25) is 0 Å². The lowest BCUT2D eigenvalue weighted by atomic mass is 9.92. The Morgan fingerprint density at radius 2 is 2.20 bits per heavy atom. The minimum Gasteiger partial charge on any atom is -0.409 e. The van der Waals surface area contributed by atoms with Crippen LogP contribution >= 0.6 is 11.8 Å². The third-order valence-electron chi connectivity index (χ3n) is 4.05. The van der Waals surface area contributed by atoms with Gasteiger partial charge in [0.15, 0.2) is 0 Å². The Hall–Kier alpha value is -1.69. The van der Waals surface area contributed by atoms with Crippen LogP contribution in [0, 0.1) is 5.92 Å². The van der Waals surface area contributed by atoms with Crippen molar-refractivity contribution >= 4 is 23.5 Å². The Kier molecular flexibility index (Phi) is 3.56. The number of amidine groups is 1. The molecular formula is C14H17N3O2S. The number of carbonyl (C=O) groups is 1. The van der Waals surface area contributed by atoms with Crippen LogP contribution in [0.3, 0.4) is 0 Å². The van der Waals surface area contributed by atoms with E-state index in [1.807, 2.05) is 29.2 Å². The minimum atomic E-state index is -0.0459. The third kappa shape index (κ3) is 2.24. The summed E-state index contributed by atoms with van der Waals surface area (Å²) in [5.74, 6) is 1.15. The number of hydrogen-bond acceptors (Lipinski definition) is 4. The van der Waals surface area contributed by atoms with Crippen LogP contribution in [0.25, 0.3) is 0 Å². The highest BCUT2D eigenvalue weighted by atomic mass is 32.2. The van der Waals surface area contributed by atoms with Crippen LogP contribution < -0.4 is 5.73 Å². The van der Waals surface area contributed by atoms with Gasteiger partial charge in [-0.1, -0.05) is 17.3 Å². The van der Waals surface area contributed by atoms with Crippen molar-refractivity contribution < 1.29 is 10.0 Å². The lowest BCUT2D eigenvalue weighted by molar-refractivity contribution is 0.0608. The number of oxime groups is 1. The normalized spacial score (nSPS) is 26.7.